The molecule has 0 bridgehead atoms. The topological polar surface area (TPSA) is 67.5 Å². The Morgan fingerprint density at radius 2 is 1.77 bits per heavy atom. The first-order chi connectivity index (χ1) is 12.7. The molecule has 0 fully saturated rings. The molecule has 0 atom stereocenters. The number of amides is 1. The maximum Gasteiger partial charge on any atom is 0.224 e. The van der Waals surface area contributed by atoms with E-state index in [1.165, 1.54) is 5.56 Å². The van der Waals surface area contributed by atoms with Crippen LogP contribution in [0.25, 0.3) is 0 Å². The number of benzene rings is 2. The van der Waals surface area contributed by atoms with E-state index in [1.54, 1.807) is 11.3 Å². The Labute approximate surface area is 157 Å². The molecule has 0 unspecified atom stereocenters. The van der Waals surface area contributed by atoms with Crippen molar-refractivity contribution in [1.82, 2.24) is 0 Å². The summed E-state index contributed by atoms with van der Waals surface area (Å²) in [7, 11) is 0. The summed E-state index contributed by atoms with van der Waals surface area (Å²) in [6.07, 6.45) is 2.16. The summed E-state index contributed by atoms with van der Waals surface area (Å²) in [5.41, 5.74) is 8.86. The highest BCUT2D eigenvalue weighted by atomic mass is 32.1. The van der Waals surface area contributed by atoms with Crippen molar-refractivity contribution in [3.8, 4) is 0 Å². The third-order valence-electron chi connectivity index (χ3n) is 3.89. The number of carbonyl (C=O) groups excluding carboxylic acids is 1. The van der Waals surface area contributed by atoms with Crippen LogP contribution >= 0.6 is 11.3 Å². The molecule has 0 saturated heterocycles. The predicted octanol–water partition coefficient (Wildman–Crippen LogP) is 4.75. The van der Waals surface area contributed by atoms with Crippen LogP contribution in [-0.4, -0.2) is 11.7 Å². The number of nitrogens with zero attached hydrogens (tertiary/aromatic N) is 1. The second-order valence-electron chi connectivity index (χ2n) is 5.91. The van der Waals surface area contributed by atoms with E-state index in [0.29, 0.717) is 12.3 Å². The highest BCUT2D eigenvalue weighted by Gasteiger charge is 2.03. The first-order valence-electron chi connectivity index (χ1n) is 8.52. The van der Waals surface area contributed by atoms with E-state index < -0.39 is 0 Å². The fourth-order valence-corrected chi connectivity index (χ4v) is 3.18. The molecule has 1 heterocycles. The van der Waals surface area contributed by atoms with Gasteiger partial charge < -0.3 is 11.1 Å². The molecule has 0 aliphatic rings. The van der Waals surface area contributed by atoms with E-state index in [-0.39, 0.29) is 5.91 Å². The number of hydrogen-bond donors (Lipinski definition) is 2. The van der Waals surface area contributed by atoms with Gasteiger partial charge in [-0.3, -0.25) is 4.79 Å². The average Bonchev–Trinajstić information content (AvgIpc) is 3.19. The Balaban J connectivity index is 1.47. The van der Waals surface area contributed by atoms with Gasteiger partial charge in [-0.2, -0.15) is 0 Å². The Hall–Kier alpha value is -2.92. The van der Waals surface area contributed by atoms with Crippen LogP contribution in [0.1, 0.15) is 23.3 Å². The Bertz CT molecular complexity index is 856. The Kier molecular flexibility index (Phi) is 6.17. The lowest BCUT2D eigenvalue weighted by Crippen LogP contribution is -2.11. The van der Waals surface area contributed by atoms with Crippen molar-refractivity contribution in [3.05, 3.63) is 82.6 Å². The summed E-state index contributed by atoms with van der Waals surface area (Å²) in [6.45, 7) is 0. The molecule has 0 aliphatic heterocycles. The van der Waals surface area contributed by atoms with E-state index in [4.69, 9.17) is 5.73 Å². The maximum absolute atomic E-state index is 11.9. The number of para-hydroxylation sites is 1. The van der Waals surface area contributed by atoms with Crippen molar-refractivity contribution >= 4 is 34.5 Å². The van der Waals surface area contributed by atoms with Crippen LogP contribution in [-0.2, 0) is 11.2 Å². The van der Waals surface area contributed by atoms with Gasteiger partial charge in [-0.05, 0) is 54.1 Å². The SMILES string of the molecule is NC(=Nc1ccc(CCCC(=O)Nc2ccccc2)cc1)c1cccs1. The fraction of sp³-hybridized carbons (Fsp3) is 0.143. The molecule has 3 aromatic rings. The van der Waals surface area contributed by atoms with Crippen molar-refractivity contribution in [2.45, 2.75) is 19.3 Å². The van der Waals surface area contributed by atoms with Gasteiger partial charge in [0.2, 0.25) is 5.91 Å². The van der Waals surface area contributed by atoms with Gasteiger partial charge in [0.1, 0.15) is 5.84 Å². The number of nitrogens with one attached hydrogen (secondary N) is 1. The van der Waals surface area contributed by atoms with Gasteiger partial charge in [0.05, 0.1) is 10.6 Å². The lowest BCUT2D eigenvalue weighted by atomic mass is 10.1. The van der Waals surface area contributed by atoms with Crippen LogP contribution in [0.2, 0.25) is 0 Å². The lowest BCUT2D eigenvalue weighted by Gasteiger charge is -2.05. The summed E-state index contributed by atoms with van der Waals surface area (Å²) in [5, 5.41) is 4.88. The summed E-state index contributed by atoms with van der Waals surface area (Å²) in [4.78, 5) is 17.4. The number of aliphatic imine (C=N–C) groups is 1. The van der Waals surface area contributed by atoms with Crippen LogP contribution in [0.4, 0.5) is 11.4 Å². The first kappa shape index (κ1) is 17.9. The van der Waals surface area contributed by atoms with Crippen LogP contribution in [0.3, 0.4) is 0 Å². The van der Waals surface area contributed by atoms with Crippen LogP contribution < -0.4 is 11.1 Å². The lowest BCUT2D eigenvalue weighted by molar-refractivity contribution is -0.116. The van der Waals surface area contributed by atoms with E-state index in [1.807, 2.05) is 72.1 Å². The average molecular weight is 363 g/mol. The quantitative estimate of drug-likeness (QED) is 0.470. The molecule has 0 spiro atoms. The minimum Gasteiger partial charge on any atom is -0.383 e. The molecule has 132 valence electrons. The highest BCUT2D eigenvalue weighted by molar-refractivity contribution is 7.12. The number of aryl methyl sites for hydroxylation is 1. The molecule has 0 aliphatic carbocycles. The van der Waals surface area contributed by atoms with Crippen molar-refractivity contribution in [2.75, 3.05) is 5.32 Å². The van der Waals surface area contributed by atoms with E-state index >= 15 is 0 Å². The smallest absolute Gasteiger partial charge is 0.224 e. The van der Waals surface area contributed by atoms with Gasteiger partial charge in [-0.25, -0.2) is 4.99 Å². The fourth-order valence-electron chi connectivity index (χ4n) is 2.55. The van der Waals surface area contributed by atoms with Crippen LogP contribution in [0.5, 0.6) is 0 Å². The zero-order chi connectivity index (χ0) is 18.2. The number of carbonyl (C=O) groups is 1. The predicted molar refractivity (Wildman–Crippen MR) is 109 cm³/mol. The Morgan fingerprint density at radius 1 is 1.00 bits per heavy atom. The molecule has 1 aromatic heterocycles. The Morgan fingerprint density at radius 3 is 2.46 bits per heavy atom. The normalized spacial score (nSPS) is 11.3. The van der Waals surface area contributed by atoms with E-state index in [0.717, 1.165) is 29.1 Å². The van der Waals surface area contributed by atoms with Gasteiger partial charge in [0.25, 0.3) is 0 Å². The van der Waals surface area contributed by atoms with Gasteiger partial charge in [-0.15, -0.1) is 11.3 Å². The second-order valence-corrected chi connectivity index (χ2v) is 6.86. The summed E-state index contributed by atoms with van der Waals surface area (Å²) in [6, 6.07) is 21.4. The number of hydrogen-bond acceptors (Lipinski definition) is 3. The summed E-state index contributed by atoms with van der Waals surface area (Å²) in [5.74, 6) is 0.575. The zero-order valence-corrected chi connectivity index (χ0v) is 15.2. The minimum absolute atomic E-state index is 0.0427. The molecule has 0 radical (unpaired) electrons. The van der Waals surface area contributed by atoms with E-state index in [2.05, 4.69) is 10.3 Å². The summed E-state index contributed by atoms with van der Waals surface area (Å²) < 4.78 is 0. The third-order valence-corrected chi connectivity index (χ3v) is 4.78. The first-order valence-corrected chi connectivity index (χ1v) is 9.40. The molecule has 4 nitrogen and oxygen atoms in total. The van der Waals surface area contributed by atoms with Crippen molar-refractivity contribution < 1.29 is 4.79 Å². The molecular formula is C21H21N3OS. The monoisotopic (exact) mass is 363 g/mol. The molecule has 0 saturated carbocycles. The number of rotatable bonds is 7. The number of amidine groups is 1. The van der Waals surface area contributed by atoms with Crippen molar-refractivity contribution in [1.29, 1.82) is 0 Å². The molecule has 5 heteroatoms. The molecule has 3 rings (SSSR count). The maximum atomic E-state index is 11.9. The second kappa shape index (κ2) is 8.97. The van der Waals surface area contributed by atoms with Gasteiger partial charge in [0.15, 0.2) is 0 Å². The van der Waals surface area contributed by atoms with Crippen molar-refractivity contribution in [2.24, 2.45) is 10.7 Å². The number of thiophene rings is 1. The summed E-state index contributed by atoms with van der Waals surface area (Å²) >= 11 is 1.57. The molecule has 3 N–H and O–H groups in total. The molecule has 1 amide bonds. The standard InChI is InChI=1S/C21H21N3OS/c22-21(19-9-5-15-26-19)24-18-13-11-16(12-14-18)6-4-10-20(25)23-17-7-2-1-3-8-17/h1-3,5,7-9,11-15H,4,6,10H2,(H2,22,24)(H,23,25). The third kappa shape index (κ3) is 5.29. The van der Waals surface area contributed by atoms with Crippen molar-refractivity contribution in [3.63, 3.8) is 0 Å². The largest absolute Gasteiger partial charge is 0.383 e. The minimum atomic E-state index is 0.0427. The van der Waals surface area contributed by atoms with E-state index in [9.17, 15) is 4.79 Å². The highest BCUT2D eigenvalue weighted by Crippen LogP contribution is 2.17. The number of nitrogens with two attached hydrogens (primary N) is 1. The van der Waals surface area contributed by atoms with Gasteiger partial charge in [-0.1, -0.05) is 36.4 Å². The zero-order valence-electron chi connectivity index (χ0n) is 14.4. The van der Waals surface area contributed by atoms with Crippen LogP contribution in [0, 0.1) is 0 Å². The van der Waals surface area contributed by atoms with Gasteiger partial charge in [0, 0.05) is 12.1 Å². The molecular weight excluding hydrogens is 342 g/mol. The van der Waals surface area contributed by atoms with Crippen LogP contribution in [0.15, 0.2) is 77.1 Å². The number of anilines is 1. The molecule has 26 heavy (non-hydrogen) atoms. The van der Waals surface area contributed by atoms with Gasteiger partial charge >= 0.3 is 0 Å². The molecule has 2 aromatic carbocycles.